The molecule has 0 spiro atoms. The minimum Gasteiger partial charge on any atom is -0.487 e. The van der Waals surface area contributed by atoms with Gasteiger partial charge in [0.2, 0.25) is 10.0 Å². The number of sulfonamides is 1. The predicted octanol–water partition coefficient (Wildman–Crippen LogP) is 5.70. The van der Waals surface area contributed by atoms with Crippen LogP contribution >= 0.6 is 27.5 Å². The maximum absolute atomic E-state index is 12.7. The molecule has 8 heteroatoms. The van der Waals surface area contributed by atoms with Crippen molar-refractivity contribution >= 4 is 37.6 Å². The monoisotopic (exact) mass is 527 g/mol. The second-order valence-corrected chi connectivity index (χ2v) is 12.0. The first kappa shape index (κ1) is 23.1. The molecule has 0 saturated carbocycles. The molecule has 2 aromatic carbocycles. The fourth-order valence-corrected chi connectivity index (χ4v) is 6.07. The van der Waals surface area contributed by atoms with Crippen molar-refractivity contribution in [3.63, 3.8) is 0 Å². The molecule has 2 saturated heterocycles. The molecule has 2 aromatic rings. The number of hydrogen-bond donors (Lipinski definition) is 1. The van der Waals surface area contributed by atoms with Crippen molar-refractivity contribution in [2.45, 2.75) is 68.8 Å². The Morgan fingerprint density at radius 3 is 2.58 bits per heavy atom. The Kier molecular flexibility index (Phi) is 6.20. The van der Waals surface area contributed by atoms with E-state index < -0.39 is 10.0 Å². The molecule has 1 N–H and O–H groups in total. The summed E-state index contributed by atoms with van der Waals surface area (Å²) in [6.45, 7) is 6.52. The summed E-state index contributed by atoms with van der Waals surface area (Å²) in [5.41, 5.74) is 0.122. The third-order valence-electron chi connectivity index (χ3n) is 6.65. The standard InChI is InChI=1S/C23H27BrClNO4S/c1-15(2)23-12-11-22(3,30-23)21(13-23)29-20-6-4-5-19(25)18(20)14-26-31(27,28)17-9-7-16(24)8-10-17/h4-10,15,21,26H,11-14H2,1-3H3. The molecular formula is C23H27BrClNO4S. The van der Waals surface area contributed by atoms with Gasteiger partial charge >= 0.3 is 0 Å². The van der Waals surface area contributed by atoms with Gasteiger partial charge in [-0.05, 0) is 62.1 Å². The largest absolute Gasteiger partial charge is 0.487 e. The molecule has 0 radical (unpaired) electrons. The van der Waals surface area contributed by atoms with Crippen LogP contribution in [0.1, 0.15) is 45.6 Å². The molecule has 0 amide bonds. The van der Waals surface area contributed by atoms with Gasteiger partial charge in [-0.15, -0.1) is 0 Å². The third-order valence-corrected chi connectivity index (χ3v) is 8.95. The Labute approximate surface area is 197 Å². The van der Waals surface area contributed by atoms with Crippen LogP contribution in [0, 0.1) is 5.92 Å². The topological polar surface area (TPSA) is 64.6 Å². The van der Waals surface area contributed by atoms with E-state index in [2.05, 4.69) is 41.4 Å². The summed E-state index contributed by atoms with van der Waals surface area (Å²) >= 11 is 9.77. The Balaban J connectivity index is 1.54. The van der Waals surface area contributed by atoms with Crippen LogP contribution < -0.4 is 9.46 Å². The molecule has 2 aliphatic heterocycles. The highest BCUT2D eigenvalue weighted by atomic mass is 79.9. The third kappa shape index (κ3) is 4.40. The van der Waals surface area contributed by atoms with Gasteiger partial charge in [-0.25, -0.2) is 13.1 Å². The predicted molar refractivity (Wildman–Crippen MR) is 125 cm³/mol. The van der Waals surface area contributed by atoms with Gasteiger partial charge in [0.25, 0.3) is 0 Å². The zero-order valence-corrected chi connectivity index (χ0v) is 21.0. The van der Waals surface area contributed by atoms with Crippen molar-refractivity contribution in [1.82, 2.24) is 4.72 Å². The van der Waals surface area contributed by atoms with Crippen molar-refractivity contribution in [2.24, 2.45) is 5.92 Å². The van der Waals surface area contributed by atoms with E-state index in [4.69, 9.17) is 21.1 Å². The van der Waals surface area contributed by atoms with Crippen molar-refractivity contribution in [2.75, 3.05) is 0 Å². The van der Waals surface area contributed by atoms with Crippen LogP contribution in [0.15, 0.2) is 51.8 Å². The van der Waals surface area contributed by atoms with Gasteiger partial charge in [0.05, 0.1) is 10.5 Å². The molecule has 2 fully saturated rings. The van der Waals surface area contributed by atoms with E-state index in [1.54, 1.807) is 30.3 Å². The Bertz CT molecular complexity index is 1080. The van der Waals surface area contributed by atoms with Crippen LogP contribution in [-0.2, 0) is 21.3 Å². The van der Waals surface area contributed by atoms with Gasteiger partial charge in [0.15, 0.2) is 0 Å². The van der Waals surface area contributed by atoms with Crippen molar-refractivity contribution in [3.8, 4) is 5.75 Å². The van der Waals surface area contributed by atoms with E-state index in [1.165, 1.54) is 0 Å². The van der Waals surface area contributed by atoms with Gasteiger partial charge in [0, 0.05) is 28.0 Å². The molecule has 3 unspecified atom stereocenters. The normalized spacial score (nSPS) is 27.7. The lowest BCUT2D eigenvalue weighted by Crippen LogP contribution is -2.40. The van der Waals surface area contributed by atoms with E-state index >= 15 is 0 Å². The van der Waals surface area contributed by atoms with Crippen LogP contribution in [0.3, 0.4) is 0 Å². The average Bonchev–Trinajstić information content (AvgIpc) is 3.20. The number of benzene rings is 2. The summed E-state index contributed by atoms with van der Waals surface area (Å²) in [5, 5.41) is 0.462. The van der Waals surface area contributed by atoms with Gasteiger partial charge < -0.3 is 9.47 Å². The molecule has 168 valence electrons. The first-order valence-corrected chi connectivity index (χ1v) is 13.1. The lowest BCUT2D eigenvalue weighted by Gasteiger charge is -2.32. The highest BCUT2D eigenvalue weighted by Crippen LogP contribution is 2.55. The van der Waals surface area contributed by atoms with Crippen molar-refractivity contribution in [1.29, 1.82) is 0 Å². The number of rotatable bonds is 7. The summed E-state index contributed by atoms with van der Waals surface area (Å²) in [5.74, 6) is 0.992. The maximum atomic E-state index is 12.7. The molecule has 31 heavy (non-hydrogen) atoms. The average molecular weight is 529 g/mol. The number of hydrogen-bond acceptors (Lipinski definition) is 4. The second-order valence-electron chi connectivity index (χ2n) is 8.94. The molecular weight excluding hydrogens is 502 g/mol. The Morgan fingerprint density at radius 2 is 1.94 bits per heavy atom. The van der Waals surface area contributed by atoms with Crippen molar-refractivity contribution < 1.29 is 17.9 Å². The smallest absolute Gasteiger partial charge is 0.240 e. The SMILES string of the molecule is CC(C)C12CCC(C)(O1)C(Oc1cccc(Cl)c1CNS(=O)(=O)c1ccc(Br)cc1)C2. The maximum Gasteiger partial charge on any atom is 0.240 e. The van der Waals surface area contributed by atoms with Crippen LogP contribution in [0.25, 0.3) is 0 Å². The fraction of sp³-hybridized carbons (Fsp3) is 0.478. The molecule has 3 atom stereocenters. The van der Waals surface area contributed by atoms with Gasteiger partial charge in [-0.2, -0.15) is 0 Å². The summed E-state index contributed by atoms with van der Waals surface area (Å²) in [4.78, 5) is 0.193. The molecule has 2 heterocycles. The van der Waals surface area contributed by atoms with Crippen LogP contribution in [-0.4, -0.2) is 25.7 Å². The first-order chi connectivity index (χ1) is 14.5. The molecule has 0 aromatic heterocycles. The van der Waals surface area contributed by atoms with Crippen molar-refractivity contribution in [3.05, 3.63) is 57.5 Å². The number of fused-ring (bicyclic) bond motifs is 2. The zero-order valence-electron chi connectivity index (χ0n) is 17.8. The van der Waals surface area contributed by atoms with E-state index in [1.807, 2.05) is 12.1 Å². The Morgan fingerprint density at radius 1 is 1.23 bits per heavy atom. The molecule has 0 aliphatic carbocycles. The van der Waals surface area contributed by atoms with Gasteiger partial charge in [-0.3, -0.25) is 0 Å². The zero-order chi connectivity index (χ0) is 22.4. The molecule has 2 bridgehead atoms. The number of halogens is 2. The highest BCUT2D eigenvalue weighted by molar-refractivity contribution is 9.10. The molecule has 2 aliphatic rings. The number of ether oxygens (including phenoxy) is 2. The van der Waals surface area contributed by atoms with Gasteiger partial charge in [-0.1, -0.05) is 47.4 Å². The van der Waals surface area contributed by atoms with Crippen LogP contribution in [0.2, 0.25) is 5.02 Å². The van der Waals surface area contributed by atoms with Crippen LogP contribution in [0.4, 0.5) is 0 Å². The second kappa shape index (κ2) is 8.34. The molecule has 4 rings (SSSR count). The van der Waals surface area contributed by atoms with E-state index in [-0.39, 0.29) is 28.7 Å². The first-order valence-electron chi connectivity index (χ1n) is 10.4. The summed E-state index contributed by atoms with van der Waals surface area (Å²) in [7, 11) is -3.69. The van der Waals surface area contributed by atoms with E-state index in [9.17, 15) is 8.42 Å². The van der Waals surface area contributed by atoms with Gasteiger partial charge in [0.1, 0.15) is 17.5 Å². The highest BCUT2D eigenvalue weighted by Gasteiger charge is 2.61. The van der Waals surface area contributed by atoms with E-state index in [0.29, 0.717) is 22.3 Å². The van der Waals surface area contributed by atoms with E-state index in [0.717, 1.165) is 23.7 Å². The van der Waals surface area contributed by atoms with Crippen LogP contribution in [0.5, 0.6) is 5.75 Å². The minimum atomic E-state index is -3.69. The summed E-state index contributed by atoms with van der Waals surface area (Å²) in [6, 6.07) is 11.9. The Hall–Kier alpha value is -1.12. The number of nitrogens with one attached hydrogen (secondary N) is 1. The lowest BCUT2D eigenvalue weighted by molar-refractivity contribution is -0.0770. The molecule has 5 nitrogen and oxygen atoms in total. The quantitative estimate of drug-likeness (QED) is 0.501. The summed E-state index contributed by atoms with van der Waals surface area (Å²) in [6.07, 6.45) is 2.69. The fourth-order valence-electron chi connectivity index (χ4n) is 4.57. The minimum absolute atomic E-state index is 0.0347. The lowest BCUT2D eigenvalue weighted by atomic mass is 9.75. The summed E-state index contributed by atoms with van der Waals surface area (Å²) < 4.78 is 41.8.